The number of halogens is 2. The Morgan fingerprint density at radius 1 is 1.00 bits per heavy atom. The number of piperazine rings is 1. The maximum absolute atomic E-state index is 14.4. The number of hydrogen-bond acceptors (Lipinski definition) is 6. The van der Waals surface area contributed by atoms with Crippen molar-refractivity contribution >= 4 is 40.7 Å². The van der Waals surface area contributed by atoms with Gasteiger partial charge in [-0.25, -0.2) is 19.2 Å². The number of carboxylic acids is 1. The molecule has 220 valence electrons. The topological polar surface area (TPSA) is 89.9 Å². The third-order valence-corrected chi connectivity index (χ3v) is 9.50. The second-order valence-electron chi connectivity index (χ2n) is 12.5. The van der Waals surface area contributed by atoms with Gasteiger partial charge in [-0.15, -0.1) is 0 Å². The average molecular weight is 592 g/mol. The van der Waals surface area contributed by atoms with Crippen LogP contribution in [0.2, 0.25) is 5.02 Å². The van der Waals surface area contributed by atoms with E-state index in [1.165, 1.54) is 6.07 Å². The van der Waals surface area contributed by atoms with E-state index in [2.05, 4.69) is 14.8 Å². The minimum Gasteiger partial charge on any atom is -0.478 e. The molecule has 0 bridgehead atoms. The monoisotopic (exact) mass is 591 g/mol. The number of nitrogens with zero attached hydrogens (tertiary/aromatic N) is 5. The lowest BCUT2D eigenvalue weighted by Gasteiger charge is -2.47. The molecule has 3 aliphatic rings. The van der Waals surface area contributed by atoms with Crippen LogP contribution >= 0.6 is 11.6 Å². The molecule has 1 spiro atoms. The molecule has 1 N–H and O–H groups in total. The van der Waals surface area contributed by atoms with Gasteiger partial charge in [0.05, 0.1) is 33.2 Å². The zero-order valence-electron chi connectivity index (χ0n) is 24.4. The summed E-state index contributed by atoms with van der Waals surface area (Å²) in [4.78, 5) is 41.4. The van der Waals surface area contributed by atoms with Crippen molar-refractivity contribution in [1.82, 2.24) is 14.9 Å². The summed E-state index contributed by atoms with van der Waals surface area (Å²) >= 11 is 5.96. The molecule has 6 rings (SSSR count). The Morgan fingerprint density at radius 2 is 1.74 bits per heavy atom. The zero-order valence-corrected chi connectivity index (χ0v) is 25.1. The molecule has 4 heterocycles. The Hall–Kier alpha value is -3.72. The summed E-state index contributed by atoms with van der Waals surface area (Å²) in [6, 6.07) is 10.4. The van der Waals surface area contributed by atoms with Gasteiger partial charge < -0.3 is 19.8 Å². The number of aromatic nitrogens is 2. The predicted octanol–water partition coefficient (Wildman–Crippen LogP) is 6.29. The van der Waals surface area contributed by atoms with E-state index in [4.69, 9.17) is 16.6 Å². The standard InChI is InChI=1S/C32H35ClFN5O3/c1-19-15-26(35-20(2)27(19)30(41)42)37-13-14-39(31(3,4)17-37)29(40)24-9-10-25-28(36-24)32(11-5-6-12-32)18-38(25)21-7-8-22(33)23(34)16-21/h7-10,15-16H,5-6,11-14,17-18H2,1-4H3,(H,41,42). The molecule has 2 aliphatic heterocycles. The van der Waals surface area contributed by atoms with Crippen LogP contribution in [0, 0.1) is 19.7 Å². The van der Waals surface area contributed by atoms with Crippen LogP contribution in [0.5, 0.6) is 0 Å². The number of carbonyl (C=O) groups excluding carboxylic acids is 1. The van der Waals surface area contributed by atoms with E-state index in [1.807, 2.05) is 36.9 Å². The van der Waals surface area contributed by atoms with Crippen LogP contribution in [0.25, 0.3) is 0 Å². The van der Waals surface area contributed by atoms with Crippen molar-refractivity contribution in [2.75, 3.05) is 36.0 Å². The Balaban J connectivity index is 1.28. The van der Waals surface area contributed by atoms with Crippen molar-refractivity contribution in [1.29, 1.82) is 0 Å². The minimum atomic E-state index is -0.982. The molecular formula is C32H35ClFN5O3. The molecule has 0 unspecified atom stereocenters. The first kappa shape index (κ1) is 28.4. The number of aryl methyl sites for hydroxylation is 2. The molecule has 1 saturated carbocycles. The fourth-order valence-corrected chi connectivity index (χ4v) is 7.25. The van der Waals surface area contributed by atoms with Gasteiger partial charge in [0.1, 0.15) is 17.3 Å². The number of fused-ring (bicyclic) bond motifs is 2. The van der Waals surface area contributed by atoms with Crippen molar-refractivity contribution in [3.8, 4) is 0 Å². The number of carbonyl (C=O) groups is 2. The smallest absolute Gasteiger partial charge is 0.337 e. The zero-order chi connectivity index (χ0) is 30.0. The first-order chi connectivity index (χ1) is 19.9. The average Bonchev–Trinajstić information content (AvgIpc) is 3.53. The molecule has 1 aromatic carbocycles. The third-order valence-electron chi connectivity index (χ3n) is 9.19. The predicted molar refractivity (Wildman–Crippen MR) is 161 cm³/mol. The van der Waals surface area contributed by atoms with Crippen LogP contribution in [0.15, 0.2) is 36.4 Å². The number of benzene rings is 1. The van der Waals surface area contributed by atoms with Crippen LogP contribution < -0.4 is 9.80 Å². The van der Waals surface area contributed by atoms with Gasteiger partial charge >= 0.3 is 5.97 Å². The summed E-state index contributed by atoms with van der Waals surface area (Å²) in [7, 11) is 0. The highest BCUT2D eigenvalue weighted by molar-refractivity contribution is 6.30. The fraction of sp³-hybridized carbons (Fsp3) is 0.438. The highest BCUT2D eigenvalue weighted by Crippen LogP contribution is 2.52. The lowest BCUT2D eigenvalue weighted by atomic mass is 9.84. The molecule has 10 heteroatoms. The Bertz CT molecular complexity index is 1580. The van der Waals surface area contributed by atoms with Crippen molar-refractivity contribution in [3.05, 3.63) is 75.4 Å². The Labute approximate surface area is 250 Å². The molecule has 3 aromatic rings. The lowest BCUT2D eigenvalue weighted by molar-refractivity contribution is 0.0506. The van der Waals surface area contributed by atoms with Gasteiger partial charge in [-0.2, -0.15) is 0 Å². The SMILES string of the molecule is Cc1cc(N2CCN(C(=O)c3ccc4c(n3)C3(CCCC3)CN4c3ccc(Cl)c(F)c3)C(C)(C)C2)nc(C)c1C(=O)O. The largest absolute Gasteiger partial charge is 0.478 e. The number of aromatic carboxylic acids is 1. The highest BCUT2D eigenvalue weighted by atomic mass is 35.5. The summed E-state index contributed by atoms with van der Waals surface area (Å²) in [6.07, 6.45) is 4.15. The van der Waals surface area contributed by atoms with Gasteiger partial charge in [0.15, 0.2) is 0 Å². The van der Waals surface area contributed by atoms with E-state index in [0.29, 0.717) is 48.9 Å². The summed E-state index contributed by atoms with van der Waals surface area (Å²) in [5.74, 6) is -0.840. The van der Waals surface area contributed by atoms with Crippen molar-refractivity contribution in [3.63, 3.8) is 0 Å². The van der Waals surface area contributed by atoms with Gasteiger partial charge in [0.2, 0.25) is 0 Å². The first-order valence-electron chi connectivity index (χ1n) is 14.4. The van der Waals surface area contributed by atoms with E-state index >= 15 is 0 Å². The number of hydrogen-bond donors (Lipinski definition) is 1. The number of carboxylic acid groups (broad SMARTS) is 1. The van der Waals surface area contributed by atoms with Crippen molar-refractivity contribution < 1.29 is 19.1 Å². The van der Waals surface area contributed by atoms with Crippen LogP contribution in [-0.4, -0.2) is 63.6 Å². The molecule has 2 aromatic heterocycles. The van der Waals surface area contributed by atoms with Gasteiger partial charge in [-0.05, 0) is 82.5 Å². The van der Waals surface area contributed by atoms with E-state index in [0.717, 1.165) is 42.8 Å². The van der Waals surface area contributed by atoms with Gasteiger partial charge in [0, 0.05) is 37.3 Å². The Morgan fingerprint density at radius 3 is 2.38 bits per heavy atom. The lowest BCUT2D eigenvalue weighted by Crippen LogP contribution is -2.61. The first-order valence-corrected chi connectivity index (χ1v) is 14.8. The summed E-state index contributed by atoms with van der Waals surface area (Å²) in [6.45, 7) is 9.85. The molecule has 1 saturated heterocycles. The molecule has 1 amide bonds. The van der Waals surface area contributed by atoms with Crippen LogP contribution in [0.4, 0.5) is 21.6 Å². The molecule has 2 fully saturated rings. The number of amides is 1. The summed E-state index contributed by atoms with van der Waals surface area (Å²) in [5, 5.41) is 9.62. The molecule has 1 aliphatic carbocycles. The van der Waals surface area contributed by atoms with Crippen LogP contribution in [0.1, 0.15) is 77.3 Å². The van der Waals surface area contributed by atoms with E-state index in [-0.39, 0.29) is 21.9 Å². The van der Waals surface area contributed by atoms with Gasteiger partial charge in [0.25, 0.3) is 5.91 Å². The number of pyridine rings is 2. The van der Waals surface area contributed by atoms with E-state index in [9.17, 15) is 19.1 Å². The quantitative estimate of drug-likeness (QED) is 0.381. The third kappa shape index (κ3) is 4.68. The molecule has 8 nitrogen and oxygen atoms in total. The summed E-state index contributed by atoms with van der Waals surface area (Å²) in [5.41, 5.74) is 3.67. The molecular weight excluding hydrogens is 557 g/mol. The molecule has 0 atom stereocenters. The number of anilines is 3. The van der Waals surface area contributed by atoms with Gasteiger partial charge in [-0.3, -0.25) is 4.79 Å². The minimum absolute atomic E-state index is 0.0915. The van der Waals surface area contributed by atoms with E-state index in [1.54, 1.807) is 26.0 Å². The molecule has 42 heavy (non-hydrogen) atoms. The maximum atomic E-state index is 14.4. The maximum Gasteiger partial charge on any atom is 0.337 e. The van der Waals surface area contributed by atoms with Crippen LogP contribution in [-0.2, 0) is 5.41 Å². The van der Waals surface area contributed by atoms with Gasteiger partial charge in [-0.1, -0.05) is 24.4 Å². The fourth-order valence-electron chi connectivity index (χ4n) is 7.13. The van der Waals surface area contributed by atoms with Crippen molar-refractivity contribution in [2.24, 2.45) is 0 Å². The highest BCUT2D eigenvalue weighted by Gasteiger charge is 2.47. The number of rotatable bonds is 4. The molecule has 0 radical (unpaired) electrons. The second-order valence-corrected chi connectivity index (χ2v) is 12.9. The summed E-state index contributed by atoms with van der Waals surface area (Å²) < 4.78 is 14.4. The van der Waals surface area contributed by atoms with E-state index < -0.39 is 17.3 Å². The normalized spacial score (nSPS) is 19.0. The van der Waals surface area contributed by atoms with Crippen LogP contribution in [0.3, 0.4) is 0 Å². The second kappa shape index (κ2) is 10.2. The van der Waals surface area contributed by atoms with Crippen molar-refractivity contribution in [2.45, 2.75) is 64.3 Å². The Kier molecular flexibility index (Phi) is 6.91.